The van der Waals surface area contributed by atoms with Crippen molar-refractivity contribution >= 4 is 35.0 Å². The van der Waals surface area contributed by atoms with E-state index >= 15 is 0 Å². The summed E-state index contributed by atoms with van der Waals surface area (Å²) >= 11 is 5.85. The lowest BCUT2D eigenvalue weighted by Crippen LogP contribution is -2.50. The highest BCUT2D eigenvalue weighted by atomic mass is 35.5. The van der Waals surface area contributed by atoms with Crippen molar-refractivity contribution in [3.8, 4) is 0 Å². The molecule has 1 aliphatic heterocycles. The summed E-state index contributed by atoms with van der Waals surface area (Å²) in [6, 6.07) is 8.98. The zero-order valence-electron chi connectivity index (χ0n) is 16.5. The SMILES string of the molecule is CC(C)(COCC(=O)Nc1cc(C(F)(F)F)ccc1Cl)N1C(=O)c2ccccc2C1=O. The summed E-state index contributed by atoms with van der Waals surface area (Å²) < 4.78 is 43.9. The maximum atomic E-state index is 12.8. The molecule has 0 saturated carbocycles. The van der Waals surface area contributed by atoms with Gasteiger partial charge in [-0.1, -0.05) is 23.7 Å². The van der Waals surface area contributed by atoms with E-state index in [1.165, 1.54) is 0 Å². The van der Waals surface area contributed by atoms with Gasteiger partial charge in [0.2, 0.25) is 5.91 Å². The third-order valence-electron chi connectivity index (χ3n) is 4.66. The van der Waals surface area contributed by atoms with Gasteiger partial charge in [-0.3, -0.25) is 19.3 Å². The van der Waals surface area contributed by atoms with Gasteiger partial charge in [-0.05, 0) is 44.2 Å². The first-order valence-electron chi connectivity index (χ1n) is 9.14. The van der Waals surface area contributed by atoms with Crippen molar-refractivity contribution in [3.05, 3.63) is 64.2 Å². The molecule has 3 rings (SSSR count). The van der Waals surface area contributed by atoms with E-state index in [0.29, 0.717) is 0 Å². The highest BCUT2D eigenvalue weighted by Crippen LogP contribution is 2.34. The molecule has 6 nitrogen and oxygen atoms in total. The van der Waals surface area contributed by atoms with Crippen LogP contribution in [0.2, 0.25) is 5.02 Å². The van der Waals surface area contributed by atoms with Crippen LogP contribution in [0.5, 0.6) is 0 Å². The van der Waals surface area contributed by atoms with Gasteiger partial charge in [0.15, 0.2) is 0 Å². The van der Waals surface area contributed by atoms with Crippen LogP contribution in [0.4, 0.5) is 18.9 Å². The number of alkyl halides is 3. The lowest BCUT2D eigenvalue weighted by Gasteiger charge is -2.33. The Bertz CT molecular complexity index is 1020. The first-order valence-corrected chi connectivity index (χ1v) is 9.52. The molecule has 10 heteroatoms. The van der Waals surface area contributed by atoms with Crippen LogP contribution in [0.25, 0.3) is 0 Å². The van der Waals surface area contributed by atoms with Crippen LogP contribution in [0.15, 0.2) is 42.5 Å². The molecular weight excluding hydrogens is 437 g/mol. The molecule has 0 bridgehead atoms. The number of nitrogens with one attached hydrogen (secondary N) is 1. The summed E-state index contributed by atoms with van der Waals surface area (Å²) in [5.41, 5.74) is -1.65. The smallest absolute Gasteiger partial charge is 0.369 e. The van der Waals surface area contributed by atoms with Gasteiger partial charge in [-0.2, -0.15) is 13.2 Å². The lowest BCUT2D eigenvalue weighted by molar-refractivity contribution is -0.137. The van der Waals surface area contributed by atoms with Crippen LogP contribution in [0, 0.1) is 0 Å². The number of rotatable bonds is 6. The van der Waals surface area contributed by atoms with E-state index in [-0.39, 0.29) is 28.4 Å². The average molecular weight is 455 g/mol. The number of fused-ring (bicyclic) bond motifs is 1. The van der Waals surface area contributed by atoms with Crippen LogP contribution in [0.3, 0.4) is 0 Å². The Balaban J connectivity index is 1.61. The third-order valence-corrected chi connectivity index (χ3v) is 4.99. The minimum absolute atomic E-state index is 0.0623. The Morgan fingerprint density at radius 2 is 1.65 bits per heavy atom. The largest absolute Gasteiger partial charge is 0.416 e. The van der Waals surface area contributed by atoms with Gasteiger partial charge in [0.1, 0.15) is 6.61 Å². The number of ether oxygens (including phenoxy) is 1. The van der Waals surface area contributed by atoms with Gasteiger partial charge in [-0.15, -0.1) is 0 Å². The molecule has 2 aromatic rings. The Morgan fingerprint density at radius 3 is 2.19 bits per heavy atom. The highest BCUT2D eigenvalue weighted by molar-refractivity contribution is 6.33. The Labute approximate surface area is 180 Å². The van der Waals surface area contributed by atoms with Gasteiger partial charge in [0, 0.05) is 0 Å². The van der Waals surface area contributed by atoms with E-state index in [2.05, 4.69) is 5.32 Å². The zero-order valence-corrected chi connectivity index (χ0v) is 17.3. The molecule has 1 N–H and O–H groups in total. The number of benzene rings is 2. The normalized spacial score (nSPS) is 14.1. The predicted molar refractivity (Wildman–Crippen MR) is 107 cm³/mol. The number of hydrogen-bond donors (Lipinski definition) is 1. The number of carbonyl (C=O) groups is 3. The van der Waals surface area contributed by atoms with Crippen molar-refractivity contribution in [2.45, 2.75) is 25.6 Å². The number of carbonyl (C=O) groups excluding carboxylic acids is 3. The van der Waals surface area contributed by atoms with Gasteiger partial charge in [-0.25, -0.2) is 0 Å². The second kappa shape index (κ2) is 8.32. The van der Waals surface area contributed by atoms with Crippen molar-refractivity contribution in [2.75, 3.05) is 18.5 Å². The van der Waals surface area contributed by atoms with E-state index in [9.17, 15) is 27.6 Å². The van der Waals surface area contributed by atoms with Crippen molar-refractivity contribution in [1.82, 2.24) is 4.90 Å². The van der Waals surface area contributed by atoms with Crippen molar-refractivity contribution in [2.24, 2.45) is 0 Å². The number of anilines is 1. The summed E-state index contributed by atoms with van der Waals surface area (Å²) in [5.74, 6) is -1.66. The molecule has 31 heavy (non-hydrogen) atoms. The molecule has 0 radical (unpaired) electrons. The maximum absolute atomic E-state index is 12.8. The van der Waals surface area contributed by atoms with E-state index in [0.717, 1.165) is 23.1 Å². The van der Waals surface area contributed by atoms with Crippen molar-refractivity contribution in [1.29, 1.82) is 0 Å². The molecule has 0 spiro atoms. The monoisotopic (exact) mass is 454 g/mol. The maximum Gasteiger partial charge on any atom is 0.416 e. The van der Waals surface area contributed by atoms with E-state index < -0.39 is 41.6 Å². The molecule has 0 aromatic heterocycles. The molecule has 164 valence electrons. The minimum Gasteiger partial charge on any atom is -0.369 e. The predicted octanol–water partition coefficient (Wildman–Crippen LogP) is 4.39. The quantitative estimate of drug-likeness (QED) is 0.657. The summed E-state index contributed by atoms with van der Waals surface area (Å²) in [4.78, 5) is 38.4. The van der Waals surface area contributed by atoms with Crippen molar-refractivity contribution < 1.29 is 32.3 Å². The Hall–Kier alpha value is -2.91. The summed E-state index contributed by atoms with van der Waals surface area (Å²) in [5, 5.41) is 2.20. The highest BCUT2D eigenvalue weighted by Gasteiger charge is 2.44. The zero-order chi connectivity index (χ0) is 23.0. The average Bonchev–Trinajstić information content (AvgIpc) is 2.94. The van der Waals surface area contributed by atoms with Crippen LogP contribution >= 0.6 is 11.6 Å². The molecule has 3 amide bonds. The van der Waals surface area contributed by atoms with Crippen LogP contribution in [0.1, 0.15) is 40.1 Å². The number of amides is 3. The fraction of sp³-hybridized carbons (Fsp3) is 0.286. The van der Waals surface area contributed by atoms with Crippen LogP contribution in [-0.4, -0.2) is 41.4 Å². The van der Waals surface area contributed by atoms with Crippen molar-refractivity contribution in [3.63, 3.8) is 0 Å². The fourth-order valence-electron chi connectivity index (χ4n) is 3.18. The third kappa shape index (κ3) is 4.72. The van der Waals surface area contributed by atoms with Gasteiger partial charge in [0.25, 0.3) is 11.8 Å². The molecule has 0 saturated heterocycles. The van der Waals surface area contributed by atoms with Gasteiger partial charge >= 0.3 is 6.18 Å². The summed E-state index contributed by atoms with van der Waals surface area (Å²) in [6.07, 6.45) is -4.59. The molecule has 0 fully saturated rings. The van der Waals surface area contributed by atoms with E-state index in [1.54, 1.807) is 38.1 Å². The van der Waals surface area contributed by atoms with E-state index in [1.807, 2.05) is 0 Å². The van der Waals surface area contributed by atoms with E-state index in [4.69, 9.17) is 16.3 Å². The second-order valence-corrected chi connectivity index (χ2v) is 7.94. The molecule has 1 aliphatic rings. The number of halogens is 4. The lowest BCUT2D eigenvalue weighted by atomic mass is 10.0. The second-order valence-electron chi connectivity index (χ2n) is 7.54. The minimum atomic E-state index is -4.59. The topological polar surface area (TPSA) is 75.7 Å². The standard InChI is InChI=1S/C21H18ClF3N2O4/c1-20(2,27-18(29)13-5-3-4-6-14(13)19(27)30)11-31-10-17(28)26-16-9-12(21(23,24)25)7-8-15(16)22/h3-9H,10-11H2,1-2H3,(H,26,28). The Morgan fingerprint density at radius 1 is 1.06 bits per heavy atom. The van der Waals surface area contributed by atoms with Crippen LogP contribution < -0.4 is 5.32 Å². The molecule has 0 unspecified atom stereocenters. The summed E-state index contributed by atoms with van der Waals surface area (Å²) in [7, 11) is 0. The Kier molecular flexibility index (Phi) is 6.11. The number of hydrogen-bond acceptors (Lipinski definition) is 4. The fourth-order valence-corrected chi connectivity index (χ4v) is 3.35. The molecule has 2 aromatic carbocycles. The first-order chi connectivity index (χ1) is 14.4. The van der Waals surface area contributed by atoms with Gasteiger partial charge < -0.3 is 10.1 Å². The molecule has 0 aliphatic carbocycles. The molecule has 1 heterocycles. The van der Waals surface area contributed by atoms with Crippen LogP contribution in [-0.2, 0) is 15.7 Å². The summed E-state index contributed by atoms with van der Waals surface area (Å²) in [6.45, 7) is 2.54. The number of nitrogens with zero attached hydrogens (tertiary/aromatic N) is 1. The van der Waals surface area contributed by atoms with Gasteiger partial charge in [0.05, 0.1) is 39.5 Å². The first kappa shape index (κ1) is 22.8. The molecule has 0 atom stereocenters. The molecular formula is C21H18ClF3N2O4. The number of imide groups is 1.